The highest BCUT2D eigenvalue weighted by Gasteiger charge is 2.33. The number of alkyl halides is 3. The lowest BCUT2D eigenvalue weighted by Gasteiger charge is -2.19. The number of rotatable bonds is 4. The Bertz CT molecular complexity index is 826. The second kappa shape index (κ2) is 7.42. The van der Waals surface area contributed by atoms with Gasteiger partial charge in [-0.05, 0) is 38.8 Å². The maximum absolute atomic E-state index is 12.6. The van der Waals surface area contributed by atoms with Crippen LogP contribution in [-0.4, -0.2) is 35.3 Å². The van der Waals surface area contributed by atoms with Crippen molar-refractivity contribution in [1.82, 2.24) is 9.97 Å². The van der Waals surface area contributed by atoms with Gasteiger partial charge in [-0.1, -0.05) is 12.1 Å². The number of anilines is 2. The third-order valence-electron chi connectivity index (χ3n) is 4.24. The number of amides is 1. The van der Waals surface area contributed by atoms with Gasteiger partial charge in [-0.3, -0.25) is 4.79 Å². The molecule has 144 valence electrons. The van der Waals surface area contributed by atoms with E-state index in [0.29, 0.717) is 23.0 Å². The van der Waals surface area contributed by atoms with Crippen LogP contribution in [0.2, 0.25) is 0 Å². The summed E-state index contributed by atoms with van der Waals surface area (Å²) in [6.07, 6.45) is -2.73. The Morgan fingerprint density at radius 1 is 1.11 bits per heavy atom. The lowest BCUT2D eigenvalue weighted by atomic mass is 10.1. The fourth-order valence-electron chi connectivity index (χ4n) is 2.99. The number of hydrogen-bond acceptors (Lipinski definition) is 5. The third-order valence-corrected chi connectivity index (χ3v) is 4.24. The minimum absolute atomic E-state index is 0.225. The number of hydrogen-bond donors (Lipinski definition) is 1. The minimum atomic E-state index is -4.89. The molecule has 1 aliphatic rings. The standard InChI is InChI=1S/C18H19F3N4O2/c1-11-15(12(2)23-17(22-11)25-9-5-6-10-25)24-16(26)13-7-3-4-8-14(13)27-18(19,20)21/h3-4,7-8H,5-6,9-10H2,1-2H3,(H,24,26). The number of aromatic nitrogens is 2. The van der Waals surface area contributed by atoms with Gasteiger partial charge in [0.05, 0.1) is 22.6 Å². The molecule has 0 unspecified atom stereocenters. The van der Waals surface area contributed by atoms with Gasteiger partial charge in [0.2, 0.25) is 5.95 Å². The van der Waals surface area contributed by atoms with Crippen molar-refractivity contribution in [2.75, 3.05) is 23.3 Å². The Balaban J connectivity index is 1.84. The molecule has 27 heavy (non-hydrogen) atoms. The highest BCUT2D eigenvalue weighted by molar-refractivity contribution is 6.06. The molecule has 0 bridgehead atoms. The molecule has 1 aliphatic heterocycles. The quantitative estimate of drug-likeness (QED) is 0.873. The van der Waals surface area contributed by atoms with Gasteiger partial charge in [0.15, 0.2) is 0 Å². The molecule has 9 heteroatoms. The molecular weight excluding hydrogens is 361 g/mol. The SMILES string of the molecule is Cc1nc(N2CCCC2)nc(C)c1NC(=O)c1ccccc1OC(F)(F)F. The molecule has 1 N–H and O–H groups in total. The molecule has 0 saturated carbocycles. The van der Waals surface area contributed by atoms with Crippen molar-refractivity contribution in [3.63, 3.8) is 0 Å². The van der Waals surface area contributed by atoms with Crippen LogP contribution in [0, 0.1) is 13.8 Å². The highest BCUT2D eigenvalue weighted by atomic mass is 19.4. The van der Waals surface area contributed by atoms with Crippen LogP contribution in [0.15, 0.2) is 24.3 Å². The maximum Gasteiger partial charge on any atom is 0.573 e. The molecule has 1 aromatic heterocycles. The number of nitrogens with one attached hydrogen (secondary N) is 1. The largest absolute Gasteiger partial charge is 0.573 e. The maximum atomic E-state index is 12.6. The van der Waals surface area contributed by atoms with Crippen molar-refractivity contribution in [2.45, 2.75) is 33.1 Å². The van der Waals surface area contributed by atoms with Gasteiger partial charge in [0.1, 0.15) is 5.75 Å². The molecule has 6 nitrogen and oxygen atoms in total. The van der Waals surface area contributed by atoms with Crippen molar-refractivity contribution in [3.05, 3.63) is 41.2 Å². The Labute approximate surface area is 154 Å². The second-order valence-electron chi connectivity index (χ2n) is 6.26. The van der Waals surface area contributed by atoms with Gasteiger partial charge in [-0.25, -0.2) is 9.97 Å². The van der Waals surface area contributed by atoms with E-state index in [9.17, 15) is 18.0 Å². The Hall–Kier alpha value is -2.84. The predicted octanol–water partition coefficient (Wildman–Crippen LogP) is 3.84. The van der Waals surface area contributed by atoms with E-state index in [-0.39, 0.29) is 5.56 Å². The molecule has 0 spiro atoms. The van der Waals surface area contributed by atoms with E-state index in [2.05, 4.69) is 24.9 Å². The van der Waals surface area contributed by atoms with Crippen molar-refractivity contribution in [1.29, 1.82) is 0 Å². The zero-order valence-corrected chi connectivity index (χ0v) is 14.9. The molecular formula is C18H19F3N4O2. The van der Waals surface area contributed by atoms with Crippen LogP contribution >= 0.6 is 0 Å². The summed E-state index contributed by atoms with van der Waals surface area (Å²) >= 11 is 0. The first-order chi connectivity index (χ1) is 12.7. The first kappa shape index (κ1) is 18.9. The lowest BCUT2D eigenvalue weighted by Crippen LogP contribution is -2.23. The number of carbonyl (C=O) groups excluding carboxylic acids is 1. The number of aryl methyl sites for hydroxylation is 2. The van der Waals surface area contributed by atoms with Crippen LogP contribution in [0.4, 0.5) is 24.8 Å². The van der Waals surface area contributed by atoms with Crippen molar-refractivity contribution >= 4 is 17.5 Å². The normalized spacial score (nSPS) is 14.3. The minimum Gasteiger partial charge on any atom is -0.405 e. The van der Waals surface area contributed by atoms with Crippen LogP contribution in [-0.2, 0) is 0 Å². The third kappa shape index (κ3) is 4.47. The molecule has 0 radical (unpaired) electrons. The van der Waals surface area contributed by atoms with E-state index in [1.54, 1.807) is 13.8 Å². The summed E-state index contributed by atoms with van der Waals surface area (Å²) in [5, 5.41) is 2.61. The first-order valence-corrected chi connectivity index (χ1v) is 8.51. The van der Waals surface area contributed by atoms with Crippen molar-refractivity contribution in [2.24, 2.45) is 0 Å². The molecule has 1 fully saturated rings. The fraction of sp³-hybridized carbons (Fsp3) is 0.389. The van der Waals surface area contributed by atoms with Crippen LogP contribution in [0.1, 0.15) is 34.6 Å². The van der Waals surface area contributed by atoms with Gasteiger partial charge in [-0.2, -0.15) is 0 Å². The summed E-state index contributed by atoms with van der Waals surface area (Å²) in [5.74, 6) is -0.688. The summed E-state index contributed by atoms with van der Waals surface area (Å²) in [7, 11) is 0. The second-order valence-corrected chi connectivity index (χ2v) is 6.26. The molecule has 1 saturated heterocycles. The summed E-state index contributed by atoms with van der Waals surface area (Å²) < 4.78 is 41.6. The summed E-state index contributed by atoms with van der Waals surface area (Å²) in [4.78, 5) is 23.5. The number of para-hydroxylation sites is 1. The molecule has 1 aromatic carbocycles. The lowest BCUT2D eigenvalue weighted by molar-refractivity contribution is -0.274. The fourth-order valence-corrected chi connectivity index (χ4v) is 2.99. The number of carbonyl (C=O) groups is 1. The zero-order valence-electron chi connectivity index (χ0n) is 14.9. The van der Waals surface area contributed by atoms with Crippen LogP contribution < -0.4 is 15.0 Å². The summed E-state index contributed by atoms with van der Waals surface area (Å²) in [6, 6.07) is 5.18. The molecule has 2 heterocycles. The monoisotopic (exact) mass is 380 g/mol. The van der Waals surface area contributed by atoms with Crippen LogP contribution in [0.3, 0.4) is 0 Å². The van der Waals surface area contributed by atoms with E-state index >= 15 is 0 Å². The molecule has 0 atom stereocenters. The molecule has 1 amide bonds. The van der Waals surface area contributed by atoms with Crippen molar-refractivity contribution < 1.29 is 22.7 Å². The van der Waals surface area contributed by atoms with E-state index < -0.39 is 18.0 Å². The van der Waals surface area contributed by atoms with Gasteiger partial charge in [0.25, 0.3) is 5.91 Å². The number of benzene rings is 1. The number of halogens is 3. The summed E-state index contributed by atoms with van der Waals surface area (Å²) in [5.41, 5.74) is 1.25. The Morgan fingerprint density at radius 3 is 2.30 bits per heavy atom. The van der Waals surface area contributed by atoms with Gasteiger partial charge >= 0.3 is 6.36 Å². The van der Waals surface area contributed by atoms with Crippen molar-refractivity contribution in [3.8, 4) is 5.75 Å². The predicted molar refractivity (Wildman–Crippen MR) is 94.0 cm³/mol. The van der Waals surface area contributed by atoms with Crippen LogP contribution in [0.25, 0.3) is 0 Å². The molecule has 0 aliphatic carbocycles. The van der Waals surface area contributed by atoms with E-state index in [0.717, 1.165) is 32.0 Å². The van der Waals surface area contributed by atoms with E-state index in [4.69, 9.17) is 0 Å². The van der Waals surface area contributed by atoms with Crippen LogP contribution in [0.5, 0.6) is 5.75 Å². The number of nitrogens with zero attached hydrogens (tertiary/aromatic N) is 3. The van der Waals surface area contributed by atoms with E-state index in [1.807, 2.05) is 0 Å². The van der Waals surface area contributed by atoms with E-state index in [1.165, 1.54) is 18.2 Å². The van der Waals surface area contributed by atoms with Gasteiger partial charge in [0, 0.05) is 13.1 Å². The average Bonchev–Trinajstić information content (AvgIpc) is 3.11. The summed E-state index contributed by atoms with van der Waals surface area (Å²) in [6.45, 7) is 5.21. The van der Waals surface area contributed by atoms with Gasteiger partial charge < -0.3 is 15.0 Å². The molecule has 2 aromatic rings. The Morgan fingerprint density at radius 2 is 1.70 bits per heavy atom. The zero-order chi connectivity index (χ0) is 19.6. The van der Waals surface area contributed by atoms with Gasteiger partial charge in [-0.15, -0.1) is 13.2 Å². The molecule has 3 rings (SSSR count). The topological polar surface area (TPSA) is 67.4 Å². The number of ether oxygens (including phenoxy) is 1. The highest BCUT2D eigenvalue weighted by Crippen LogP contribution is 2.28. The average molecular weight is 380 g/mol. The Kier molecular flexibility index (Phi) is 5.20. The smallest absolute Gasteiger partial charge is 0.405 e. The first-order valence-electron chi connectivity index (χ1n) is 8.51.